The van der Waals surface area contributed by atoms with E-state index < -0.39 is 6.04 Å². The van der Waals surface area contributed by atoms with E-state index in [2.05, 4.69) is 5.32 Å². The molecule has 1 aliphatic heterocycles. The Labute approximate surface area is 191 Å². The Morgan fingerprint density at radius 1 is 1.23 bits per heavy atom. The van der Waals surface area contributed by atoms with E-state index in [1.54, 1.807) is 30.5 Å². The van der Waals surface area contributed by atoms with E-state index in [-0.39, 0.29) is 18.2 Å². The van der Waals surface area contributed by atoms with E-state index >= 15 is 0 Å². The minimum atomic E-state index is -0.598. The Balaban J connectivity index is 1.77. The molecule has 1 atom stereocenters. The van der Waals surface area contributed by atoms with Gasteiger partial charge in [0.05, 0.1) is 27.2 Å². The molecule has 3 rings (SSSR count). The van der Waals surface area contributed by atoms with Gasteiger partial charge < -0.3 is 19.7 Å². The number of benzene rings is 1. The molecule has 0 saturated carbocycles. The minimum absolute atomic E-state index is 0.0830. The fourth-order valence-corrected chi connectivity index (χ4v) is 4.65. The number of carbonyl (C=O) groups excluding carboxylic acids is 2. The Hall–Kier alpha value is -2.65. The van der Waals surface area contributed by atoms with Gasteiger partial charge in [0.2, 0.25) is 5.91 Å². The molecule has 9 heteroatoms. The molecule has 2 heterocycles. The molecule has 2 aromatic rings. The Morgan fingerprint density at radius 3 is 2.65 bits per heavy atom. The third-order valence-corrected chi connectivity index (χ3v) is 6.46. The topological polar surface area (TPSA) is 71.1 Å². The molecule has 1 saturated heterocycles. The number of hydrogen-bond acceptors (Lipinski definition) is 6. The summed E-state index contributed by atoms with van der Waals surface area (Å²) in [6.07, 6.45) is 0.728. The Morgan fingerprint density at radius 2 is 2.00 bits per heavy atom. The van der Waals surface area contributed by atoms with Crippen molar-refractivity contribution in [2.75, 3.05) is 27.3 Å². The second-order valence-electron chi connectivity index (χ2n) is 7.09. The third-order valence-electron chi connectivity index (χ3n) is 5.14. The Kier molecular flexibility index (Phi) is 7.86. The number of rotatable bonds is 10. The number of methoxy groups -OCH3 is 2. The molecular formula is C22H27N3O4S2. The monoisotopic (exact) mass is 461 g/mol. The first-order valence-corrected chi connectivity index (χ1v) is 11.4. The molecule has 166 valence electrons. The van der Waals surface area contributed by atoms with E-state index in [1.807, 2.05) is 47.5 Å². The first-order valence-electron chi connectivity index (χ1n) is 10.1. The number of carbonyl (C=O) groups is 2. The lowest BCUT2D eigenvalue weighted by Crippen LogP contribution is -2.40. The van der Waals surface area contributed by atoms with Crippen LogP contribution >= 0.6 is 23.6 Å². The standard InChI is InChI=1S/C22H27N3O4S2/c1-4-23-20(26)13-17-21(27)25(14-16-6-5-11-31-16)22(30)24(17)10-9-15-7-8-18(28-2)19(12-15)29-3/h5-8,11-12,17H,4,9-10,13-14H2,1-3H3,(H,23,26). The molecule has 1 fully saturated rings. The predicted octanol–water partition coefficient (Wildman–Crippen LogP) is 2.83. The fraction of sp³-hybridized carbons (Fsp3) is 0.409. The van der Waals surface area contributed by atoms with E-state index in [0.717, 1.165) is 10.4 Å². The van der Waals surface area contributed by atoms with Crippen molar-refractivity contribution in [3.8, 4) is 11.5 Å². The number of hydrogen-bond donors (Lipinski definition) is 1. The average Bonchev–Trinajstić information content (AvgIpc) is 3.35. The highest BCUT2D eigenvalue weighted by Gasteiger charge is 2.43. The summed E-state index contributed by atoms with van der Waals surface area (Å²) >= 11 is 7.25. The van der Waals surface area contributed by atoms with Crippen LogP contribution in [0.15, 0.2) is 35.7 Å². The van der Waals surface area contributed by atoms with Crippen LogP contribution in [0.4, 0.5) is 0 Å². The summed E-state index contributed by atoms with van der Waals surface area (Å²) in [4.78, 5) is 30.0. The number of amides is 2. The van der Waals surface area contributed by atoms with E-state index in [0.29, 0.717) is 42.7 Å². The maximum absolute atomic E-state index is 13.2. The second kappa shape index (κ2) is 10.6. The number of ether oxygens (including phenoxy) is 2. The van der Waals surface area contributed by atoms with E-state index in [4.69, 9.17) is 21.7 Å². The first kappa shape index (κ1) is 23.0. The smallest absolute Gasteiger partial charge is 0.252 e. The van der Waals surface area contributed by atoms with Crippen LogP contribution in [0.3, 0.4) is 0 Å². The number of thiophene rings is 1. The van der Waals surface area contributed by atoms with Gasteiger partial charge in [-0.3, -0.25) is 14.5 Å². The van der Waals surface area contributed by atoms with Crippen molar-refractivity contribution in [2.45, 2.75) is 32.4 Å². The van der Waals surface area contributed by atoms with Crippen LogP contribution in [-0.4, -0.2) is 60.1 Å². The van der Waals surface area contributed by atoms with Gasteiger partial charge in [0, 0.05) is 18.0 Å². The zero-order valence-corrected chi connectivity index (χ0v) is 19.6. The van der Waals surface area contributed by atoms with Gasteiger partial charge >= 0.3 is 0 Å². The summed E-state index contributed by atoms with van der Waals surface area (Å²) in [5, 5.41) is 5.22. The maximum atomic E-state index is 13.2. The van der Waals surface area contributed by atoms with Crippen LogP contribution in [0.5, 0.6) is 11.5 Å². The molecule has 1 aliphatic rings. The number of nitrogens with zero attached hydrogens (tertiary/aromatic N) is 2. The van der Waals surface area contributed by atoms with Crippen molar-refractivity contribution in [1.82, 2.24) is 15.1 Å². The summed E-state index contributed by atoms with van der Waals surface area (Å²) in [6.45, 7) is 3.32. The first-order chi connectivity index (χ1) is 15.0. The van der Waals surface area contributed by atoms with Crippen LogP contribution in [0.2, 0.25) is 0 Å². The summed E-state index contributed by atoms with van der Waals surface area (Å²) in [7, 11) is 3.20. The lowest BCUT2D eigenvalue weighted by molar-refractivity contribution is -0.132. The second-order valence-corrected chi connectivity index (χ2v) is 8.49. The number of thiocarbonyl (C=S) groups is 1. The van der Waals surface area contributed by atoms with Crippen molar-refractivity contribution in [1.29, 1.82) is 0 Å². The fourth-order valence-electron chi connectivity index (χ4n) is 3.58. The molecule has 0 spiro atoms. The Bertz CT molecular complexity index is 933. The van der Waals surface area contributed by atoms with Crippen molar-refractivity contribution in [3.63, 3.8) is 0 Å². The quantitative estimate of drug-likeness (QED) is 0.549. The van der Waals surface area contributed by atoms with Gasteiger partial charge in [0.15, 0.2) is 16.6 Å². The summed E-state index contributed by atoms with van der Waals surface area (Å²) in [5.74, 6) is 1.03. The van der Waals surface area contributed by atoms with Crippen molar-refractivity contribution in [3.05, 3.63) is 46.2 Å². The molecule has 0 aliphatic carbocycles. The van der Waals surface area contributed by atoms with Crippen molar-refractivity contribution < 1.29 is 19.1 Å². The van der Waals surface area contributed by atoms with Crippen molar-refractivity contribution >= 4 is 40.5 Å². The zero-order chi connectivity index (χ0) is 22.4. The molecule has 1 aromatic heterocycles. The van der Waals surface area contributed by atoms with E-state index in [9.17, 15) is 9.59 Å². The normalized spacial score (nSPS) is 16.0. The minimum Gasteiger partial charge on any atom is -0.493 e. The molecule has 1 N–H and O–H groups in total. The molecule has 7 nitrogen and oxygen atoms in total. The molecule has 1 aromatic carbocycles. The lowest BCUT2D eigenvalue weighted by Gasteiger charge is -2.24. The lowest BCUT2D eigenvalue weighted by atomic mass is 10.1. The molecular weight excluding hydrogens is 434 g/mol. The summed E-state index contributed by atoms with van der Waals surface area (Å²) in [5.41, 5.74) is 1.03. The molecule has 31 heavy (non-hydrogen) atoms. The molecule has 0 bridgehead atoms. The number of nitrogens with one attached hydrogen (secondary N) is 1. The van der Waals surface area contributed by atoms with Crippen LogP contribution < -0.4 is 14.8 Å². The highest BCUT2D eigenvalue weighted by Crippen LogP contribution is 2.29. The average molecular weight is 462 g/mol. The van der Waals surface area contributed by atoms with Gasteiger partial charge in [0.1, 0.15) is 6.04 Å². The van der Waals surface area contributed by atoms with Gasteiger partial charge in [0.25, 0.3) is 5.91 Å². The SMILES string of the molecule is CCNC(=O)CC1C(=O)N(Cc2cccs2)C(=S)N1CCc1ccc(OC)c(OC)c1. The van der Waals surface area contributed by atoms with Gasteiger partial charge in [-0.05, 0) is 54.7 Å². The summed E-state index contributed by atoms with van der Waals surface area (Å²) in [6, 6.07) is 9.07. The largest absolute Gasteiger partial charge is 0.493 e. The van der Waals surface area contributed by atoms with Gasteiger partial charge in [-0.1, -0.05) is 12.1 Å². The van der Waals surface area contributed by atoms with Crippen LogP contribution in [0.1, 0.15) is 23.8 Å². The van der Waals surface area contributed by atoms with Gasteiger partial charge in [-0.2, -0.15) is 0 Å². The van der Waals surface area contributed by atoms with Gasteiger partial charge in [-0.15, -0.1) is 11.3 Å². The van der Waals surface area contributed by atoms with E-state index in [1.165, 1.54) is 0 Å². The van der Waals surface area contributed by atoms with Crippen LogP contribution in [-0.2, 0) is 22.6 Å². The highest BCUT2D eigenvalue weighted by atomic mass is 32.1. The molecule has 1 unspecified atom stereocenters. The summed E-state index contributed by atoms with van der Waals surface area (Å²) < 4.78 is 10.7. The maximum Gasteiger partial charge on any atom is 0.252 e. The highest BCUT2D eigenvalue weighted by molar-refractivity contribution is 7.80. The van der Waals surface area contributed by atoms with Gasteiger partial charge in [-0.25, -0.2) is 0 Å². The third kappa shape index (κ3) is 5.34. The van der Waals surface area contributed by atoms with Crippen LogP contribution in [0, 0.1) is 0 Å². The van der Waals surface area contributed by atoms with Crippen molar-refractivity contribution in [2.24, 2.45) is 0 Å². The zero-order valence-electron chi connectivity index (χ0n) is 17.9. The molecule has 0 radical (unpaired) electrons. The van der Waals surface area contributed by atoms with Crippen LogP contribution in [0.25, 0.3) is 0 Å². The predicted molar refractivity (Wildman–Crippen MR) is 125 cm³/mol. The molecule has 2 amide bonds.